The number of rotatable bonds is 1. The van der Waals surface area contributed by atoms with Crippen molar-refractivity contribution in [3.63, 3.8) is 0 Å². The van der Waals surface area contributed by atoms with Crippen molar-refractivity contribution in [2.24, 2.45) is 10.9 Å². The van der Waals surface area contributed by atoms with Crippen molar-refractivity contribution in [2.75, 3.05) is 19.3 Å². The molecule has 3 rings (SSSR count). The first-order valence-electron chi connectivity index (χ1n) is 6.46. The quantitative estimate of drug-likeness (QED) is 0.760. The van der Waals surface area contributed by atoms with Crippen LogP contribution < -0.4 is 5.32 Å². The highest BCUT2D eigenvalue weighted by Crippen LogP contribution is 2.33. The number of amides is 1. The lowest BCUT2D eigenvalue weighted by Crippen LogP contribution is -2.42. The van der Waals surface area contributed by atoms with Crippen molar-refractivity contribution < 1.29 is 4.79 Å². The first-order chi connectivity index (χ1) is 8.24. The summed E-state index contributed by atoms with van der Waals surface area (Å²) in [4.78, 5) is 18.2. The molecule has 1 saturated carbocycles. The van der Waals surface area contributed by atoms with Crippen molar-refractivity contribution in [1.29, 1.82) is 0 Å². The predicted octanol–water partition coefficient (Wildman–Crippen LogP) is 1.08. The minimum absolute atomic E-state index is 0.132. The Labute approximate surface area is 106 Å². The minimum atomic E-state index is -0.132. The highest BCUT2D eigenvalue weighted by Gasteiger charge is 2.34. The van der Waals surface area contributed by atoms with Crippen LogP contribution in [0.3, 0.4) is 0 Å². The van der Waals surface area contributed by atoms with Gasteiger partial charge in [-0.3, -0.25) is 4.79 Å². The maximum absolute atomic E-state index is 11.8. The third-order valence-corrected chi connectivity index (χ3v) is 5.17. The van der Waals surface area contributed by atoms with Crippen molar-refractivity contribution >= 4 is 22.8 Å². The van der Waals surface area contributed by atoms with E-state index in [4.69, 9.17) is 0 Å². The Morgan fingerprint density at radius 3 is 3.06 bits per heavy atom. The van der Waals surface area contributed by atoms with Gasteiger partial charge in [0.05, 0.1) is 0 Å². The van der Waals surface area contributed by atoms with Gasteiger partial charge in [0.15, 0.2) is 5.17 Å². The second-order valence-electron chi connectivity index (χ2n) is 5.25. The molecule has 0 aromatic rings. The molecule has 1 aliphatic carbocycles. The molecule has 0 spiro atoms. The number of hydrogen-bond acceptors (Lipinski definition) is 3. The molecule has 1 N–H and O–H groups in total. The molecule has 3 atom stereocenters. The fraction of sp³-hybridized carbons (Fsp3) is 0.833. The number of amidine groups is 1. The number of likely N-dealkylation sites (tertiary alicyclic amines) is 1. The van der Waals surface area contributed by atoms with Gasteiger partial charge in [-0.15, -0.1) is 0 Å². The van der Waals surface area contributed by atoms with E-state index in [1.165, 1.54) is 25.0 Å². The zero-order valence-electron chi connectivity index (χ0n) is 10.2. The molecule has 3 fully saturated rings. The molecule has 1 amide bonds. The topological polar surface area (TPSA) is 44.7 Å². The zero-order chi connectivity index (χ0) is 11.8. The van der Waals surface area contributed by atoms with Gasteiger partial charge in [0.25, 0.3) is 0 Å². The summed E-state index contributed by atoms with van der Waals surface area (Å²) in [7, 11) is 1.86. The Morgan fingerprint density at radius 1 is 1.41 bits per heavy atom. The second-order valence-corrected chi connectivity index (χ2v) is 6.26. The molecule has 2 aliphatic heterocycles. The molecule has 0 bridgehead atoms. The third-order valence-electron chi connectivity index (χ3n) is 4.07. The molecule has 2 heterocycles. The van der Waals surface area contributed by atoms with E-state index in [0.717, 1.165) is 24.1 Å². The first-order valence-corrected chi connectivity index (χ1v) is 7.45. The molecular weight excluding hydrogens is 234 g/mol. The van der Waals surface area contributed by atoms with Gasteiger partial charge in [-0.1, -0.05) is 18.2 Å². The van der Waals surface area contributed by atoms with E-state index in [1.54, 1.807) is 16.7 Å². The van der Waals surface area contributed by atoms with Gasteiger partial charge in [-0.25, -0.2) is 4.99 Å². The van der Waals surface area contributed by atoms with Crippen LogP contribution >= 0.6 is 11.8 Å². The van der Waals surface area contributed by atoms with E-state index in [1.807, 2.05) is 7.05 Å². The number of carbonyl (C=O) groups excluding carboxylic acids is 1. The van der Waals surface area contributed by atoms with Gasteiger partial charge < -0.3 is 10.2 Å². The fourth-order valence-corrected chi connectivity index (χ4v) is 4.16. The molecule has 4 nitrogen and oxygen atoms in total. The summed E-state index contributed by atoms with van der Waals surface area (Å²) in [6.07, 6.45) is 4.82. The van der Waals surface area contributed by atoms with Gasteiger partial charge in [-0.05, 0) is 25.2 Å². The summed E-state index contributed by atoms with van der Waals surface area (Å²) in [5.74, 6) is 2.17. The number of fused-ring (bicyclic) bond motifs is 1. The van der Waals surface area contributed by atoms with Crippen LogP contribution in [0.2, 0.25) is 0 Å². The Balaban J connectivity index is 1.66. The molecule has 94 valence electrons. The van der Waals surface area contributed by atoms with E-state index in [-0.39, 0.29) is 11.9 Å². The maximum Gasteiger partial charge on any atom is 0.247 e. The summed E-state index contributed by atoms with van der Waals surface area (Å²) in [5, 5.41) is 4.52. The fourth-order valence-electron chi connectivity index (χ4n) is 2.95. The number of likely N-dealkylation sites (N-methyl/N-ethyl adjacent to an activating group) is 1. The van der Waals surface area contributed by atoms with Crippen molar-refractivity contribution in [3.05, 3.63) is 0 Å². The Kier molecular flexibility index (Phi) is 3.03. The van der Waals surface area contributed by atoms with Crippen molar-refractivity contribution in [3.8, 4) is 0 Å². The molecule has 0 aromatic heterocycles. The Bertz CT molecular complexity index is 358. The Morgan fingerprint density at radius 2 is 2.29 bits per heavy atom. The second kappa shape index (κ2) is 4.52. The predicted molar refractivity (Wildman–Crippen MR) is 70.2 cm³/mol. The van der Waals surface area contributed by atoms with Gasteiger partial charge >= 0.3 is 0 Å². The normalized spacial score (nSPS) is 39.6. The smallest absolute Gasteiger partial charge is 0.247 e. The van der Waals surface area contributed by atoms with Crippen LogP contribution in [0.15, 0.2) is 4.99 Å². The van der Waals surface area contributed by atoms with Gasteiger partial charge in [0, 0.05) is 25.4 Å². The molecule has 2 saturated heterocycles. The zero-order valence-corrected chi connectivity index (χ0v) is 11.0. The Hall–Kier alpha value is -0.710. The average molecular weight is 253 g/mol. The molecular formula is C12H19N3OS. The number of nitrogens with one attached hydrogen (secondary N) is 1. The molecule has 0 radical (unpaired) electrons. The highest BCUT2D eigenvalue weighted by atomic mass is 32.2. The number of thioether (sulfide) groups is 1. The standard InChI is InChI=1S/C12H19N3OS/c1-15-6-5-10(11(15)16)14-12-13-9-4-2-3-8(9)7-17-12/h8-10H,2-7H2,1H3,(H,13,14). The lowest BCUT2D eigenvalue weighted by molar-refractivity contribution is -0.127. The summed E-state index contributed by atoms with van der Waals surface area (Å²) in [6, 6.07) is 0.484. The number of hydrogen-bond donors (Lipinski definition) is 1. The monoisotopic (exact) mass is 253 g/mol. The molecule has 17 heavy (non-hydrogen) atoms. The van der Waals surface area contributed by atoms with Crippen LogP contribution in [-0.2, 0) is 4.79 Å². The SMILES string of the molecule is CN1CCC(N=C2NC3CCCC3CS2)C1=O. The summed E-state index contributed by atoms with van der Waals surface area (Å²) in [6.45, 7) is 0.844. The summed E-state index contributed by atoms with van der Waals surface area (Å²) < 4.78 is 0. The van der Waals surface area contributed by atoms with E-state index in [0.29, 0.717) is 6.04 Å². The minimum Gasteiger partial charge on any atom is -0.362 e. The molecule has 3 aliphatic rings. The number of aliphatic imine (C=N–C) groups is 1. The highest BCUT2D eigenvalue weighted by molar-refractivity contribution is 8.13. The van der Waals surface area contributed by atoms with E-state index in [2.05, 4.69) is 10.3 Å². The average Bonchev–Trinajstić information content (AvgIpc) is 2.90. The number of nitrogens with zero attached hydrogens (tertiary/aromatic N) is 2. The van der Waals surface area contributed by atoms with Gasteiger partial charge in [0.2, 0.25) is 5.91 Å². The van der Waals surface area contributed by atoms with Gasteiger partial charge in [-0.2, -0.15) is 0 Å². The molecule has 0 aromatic carbocycles. The number of carbonyl (C=O) groups is 1. The third kappa shape index (κ3) is 2.17. The van der Waals surface area contributed by atoms with Crippen molar-refractivity contribution in [1.82, 2.24) is 10.2 Å². The summed E-state index contributed by atoms with van der Waals surface area (Å²) >= 11 is 1.80. The van der Waals surface area contributed by atoms with Crippen LogP contribution in [-0.4, -0.2) is 47.4 Å². The maximum atomic E-state index is 11.8. The van der Waals surface area contributed by atoms with Crippen LogP contribution in [0.4, 0.5) is 0 Å². The van der Waals surface area contributed by atoms with E-state index in [9.17, 15) is 4.79 Å². The molecule has 5 heteroatoms. The van der Waals surface area contributed by atoms with Crippen LogP contribution in [0.25, 0.3) is 0 Å². The van der Waals surface area contributed by atoms with Crippen LogP contribution in [0, 0.1) is 5.92 Å². The van der Waals surface area contributed by atoms with Crippen LogP contribution in [0.5, 0.6) is 0 Å². The lowest BCUT2D eigenvalue weighted by atomic mass is 10.1. The van der Waals surface area contributed by atoms with E-state index < -0.39 is 0 Å². The molecule has 3 unspecified atom stereocenters. The van der Waals surface area contributed by atoms with Gasteiger partial charge in [0.1, 0.15) is 6.04 Å². The lowest BCUT2D eigenvalue weighted by Gasteiger charge is -2.28. The van der Waals surface area contributed by atoms with Crippen molar-refractivity contribution in [2.45, 2.75) is 37.8 Å². The largest absolute Gasteiger partial charge is 0.362 e. The first kappa shape index (κ1) is 11.4. The van der Waals surface area contributed by atoms with Crippen LogP contribution in [0.1, 0.15) is 25.7 Å². The summed E-state index contributed by atoms with van der Waals surface area (Å²) in [5.41, 5.74) is 0. The van der Waals surface area contributed by atoms with E-state index >= 15 is 0 Å².